The average molecular weight is 256 g/mol. The van der Waals surface area contributed by atoms with Gasteiger partial charge in [0.05, 0.1) is 0 Å². The number of hydrogen-bond donors (Lipinski definition) is 2. The van der Waals surface area contributed by atoms with Crippen LogP contribution in [0.1, 0.15) is 0 Å². The maximum atomic E-state index is 9.44. The molecule has 0 spiro atoms. The van der Waals surface area contributed by atoms with E-state index >= 15 is 0 Å². The van der Waals surface area contributed by atoms with E-state index in [9.17, 15) is 16.8 Å². The van der Waals surface area contributed by atoms with Crippen LogP contribution in [-0.2, 0) is 24.4 Å². The molecule has 0 rings (SSSR count). The molecule has 58 valence electrons. The molecule has 0 aromatic heterocycles. The zero-order chi connectivity index (χ0) is 7.71. The van der Waals surface area contributed by atoms with Gasteiger partial charge in [-0.1, -0.05) is 0 Å². The third kappa shape index (κ3) is 19.5. The Hall–Kier alpha value is 3.05. The van der Waals surface area contributed by atoms with E-state index in [2.05, 4.69) is 3.63 Å². The molecule has 0 unspecified atom stereocenters. The van der Waals surface area contributed by atoms with Gasteiger partial charge < -0.3 is 0 Å². The molecule has 0 aliphatic rings. The second-order valence-corrected chi connectivity index (χ2v) is 3.18. The van der Waals surface area contributed by atoms with Gasteiger partial charge in [0.1, 0.15) is 0 Å². The standard InChI is InChI=1S/2K.H2O7S2/c;;1-8(2,3)7-9(4,5)6/h;;(H,1,2,3)(H,4,5,6). The van der Waals surface area contributed by atoms with E-state index < -0.39 is 20.8 Å². The Balaban J connectivity index is -0.000000320. The summed E-state index contributed by atoms with van der Waals surface area (Å²) in [6.45, 7) is 0. The van der Waals surface area contributed by atoms with Crippen LogP contribution in [0.5, 0.6) is 0 Å². The van der Waals surface area contributed by atoms with Crippen LogP contribution in [0, 0.1) is 0 Å². The van der Waals surface area contributed by atoms with E-state index in [1.807, 2.05) is 0 Å². The van der Waals surface area contributed by atoms with Crippen LogP contribution >= 0.6 is 0 Å². The Morgan fingerprint density at radius 2 is 1.00 bits per heavy atom. The third-order valence-electron chi connectivity index (χ3n) is 0.172. The van der Waals surface area contributed by atoms with E-state index in [1.165, 1.54) is 0 Å². The molecule has 0 aliphatic heterocycles. The summed E-state index contributed by atoms with van der Waals surface area (Å²) in [7, 11) is -10.2. The minimum atomic E-state index is -5.12. The number of hydrogen-bond acceptors (Lipinski definition) is 5. The minimum absolute atomic E-state index is 0. The van der Waals surface area contributed by atoms with Gasteiger partial charge in [-0.2, -0.15) is 16.8 Å². The van der Waals surface area contributed by atoms with Crippen molar-refractivity contribution in [2.45, 2.75) is 0 Å². The van der Waals surface area contributed by atoms with Gasteiger partial charge in [-0.15, -0.1) is 3.63 Å². The molecular weight excluding hydrogens is 254 g/mol. The van der Waals surface area contributed by atoms with Crippen molar-refractivity contribution in [3.8, 4) is 0 Å². The topological polar surface area (TPSA) is 118 Å². The normalized spacial score (nSPS) is 11.1. The van der Waals surface area contributed by atoms with Crippen molar-refractivity contribution in [2.24, 2.45) is 0 Å². The summed E-state index contributed by atoms with van der Waals surface area (Å²) in [5, 5.41) is 0. The SMILES string of the molecule is O=S(=O)(O)OS(=O)(=O)O.[K].[K]. The largest absolute Gasteiger partial charge is 0.413 e. The van der Waals surface area contributed by atoms with Gasteiger partial charge in [0.15, 0.2) is 0 Å². The fourth-order valence-corrected chi connectivity index (χ4v) is 0.978. The Morgan fingerprint density at radius 1 is 0.818 bits per heavy atom. The Bertz CT molecular complexity index is 240. The van der Waals surface area contributed by atoms with Gasteiger partial charge in [0.2, 0.25) is 0 Å². The van der Waals surface area contributed by atoms with Gasteiger partial charge in [-0.05, 0) is 0 Å². The molecule has 0 atom stereocenters. The fourth-order valence-electron chi connectivity index (χ4n) is 0.109. The molecule has 11 heavy (non-hydrogen) atoms. The monoisotopic (exact) mass is 256 g/mol. The van der Waals surface area contributed by atoms with Crippen molar-refractivity contribution in [1.29, 1.82) is 0 Å². The van der Waals surface area contributed by atoms with E-state index in [0.29, 0.717) is 0 Å². The van der Waals surface area contributed by atoms with Crippen molar-refractivity contribution in [3.63, 3.8) is 0 Å². The van der Waals surface area contributed by atoms with Crippen LogP contribution < -0.4 is 0 Å². The van der Waals surface area contributed by atoms with Crippen LogP contribution in [0.3, 0.4) is 0 Å². The average Bonchev–Trinajstić information content (AvgIpc) is 1.14. The first-order chi connectivity index (χ1) is 3.71. The second-order valence-electron chi connectivity index (χ2n) is 0.924. The summed E-state index contributed by atoms with van der Waals surface area (Å²) >= 11 is 0. The van der Waals surface area contributed by atoms with E-state index in [1.54, 1.807) is 0 Å². The van der Waals surface area contributed by atoms with Crippen molar-refractivity contribution in [1.82, 2.24) is 0 Å². The zero-order valence-corrected chi connectivity index (χ0v) is 13.6. The van der Waals surface area contributed by atoms with Crippen molar-refractivity contribution < 1.29 is 29.6 Å². The van der Waals surface area contributed by atoms with Crippen LogP contribution in [0.2, 0.25) is 0 Å². The van der Waals surface area contributed by atoms with Gasteiger partial charge >= 0.3 is 20.8 Å². The molecule has 0 amide bonds. The Morgan fingerprint density at radius 3 is 1.00 bits per heavy atom. The van der Waals surface area contributed by atoms with Crippen LogP contribution in [0.15, 0.2) is 0 Å². The summed E-state index contributed by atoms with van der Waals surface area (Å²) < 4.78 is 55.6. The van der Waals surface area contributed by atoms with Gasteiger partial charge in [0.25, 0.3) is 0 Å². The van der Waals surface area contributed by atoms with E-state index in [4.69, 9.17) is 9.11 Å². The smallest absolute Gasteiger partial charge is 0.263 e. The predicted octanol–water partition coefficient (Wildman–Crippen LogP) is -2.15. The summed E-state index contributed by atoms with van der Waals surface area (Å²) in [4.78, 5) is 0. The molecule has 11 heteroatoms. The quantitative estimate of drug-likeness (QED) is 0.427. The fraction of sp³-hybridized carbons (Fsp3) is 0. The summed E-state index contributed by atoms with van der Waals surface area (Å²) in [5.41, 5.74) is 0. The molecule has 0 bridgehead atoms. The molecule has 0 fully saturated rings. The Kier molecular flexibility index (Phi) is 13.1. The minimum Gasteiger partial charge on any atom is -0.263 e. The van der Waals surface area contributed by atoms with Gasteiger partial charge in [-0.3, -0.25) is 9.11 Å². The Labute approximate surface area is 149 Å². The molecule has 0 aliphatic carbocycles. The summed E-state index contributed by atoms with van der Waals surface area (Å²) in [6.07, 6.45) is 0. The van der Waals surface area contributed by atoms with Gasteiger partial charge in [0, 0.05) is 103 Å². The van der Waals surface area contributed by atoms with Crippen LogP contribution in [-0.4, -0.2) is 129 Å². The molecule has 2 radical (unpaired) electrons. The molecule has 0 heterocycles. The van der Waals surface area contributed by atoms with E-state index in [0.717, 1.165) is 0 Å². The van der Waals surface area contributed by atoms with Crippen molar-refractivity contribution >= 4 is 124 Å². The van der Waals surface area contributed by atoms with Crippen molar-refractivity contribution in [2.75, 3.05) is 0 Å². The molecule has 7 nitrogen and oxygen atoms in total. The van der Waals surface area contributed by atoms with Crippen LogP contribution in [0.25, 0.3) is 0 Å². The van der Waals surface area contributed by atoms with Crippen LogP contribution in [0.4, 0.5) is 0 Å². The maximum Gasteiger partial charge on any atom is 0.413 e. The zero-order valence-electron chi connectivity index (χ0n) is 5.75. The first-order valence-electron chi connectivity index (χ1n) is 1.37. The molecule has 0 saturated heterocycles. The third-order valence-corrected chi connectivity index (χ3v) is 1.55. The molecule has 2 N–H and O–H groups in total. The molecular formula is H2K2O7S2. The predicted molar refractivity (Wildman–Crippen MR) is 35.7 cm³/mol. The number of rotatable bonds is 2. The summed E-state index contributed by atoms with van der Waals surface area (Å²) in [6, 6.07) is 0. The first-order valence-corrected chi connectivity index (χ1v) is 4.10. The first kappa shape index (κ1) is 19.6. The second kappa shape index (κ2) is 7.36. The maximum absolute atomic E-state index is 9.44. The van der Waals surface area contributed by atoms with Gasteiger partial charge in [-0.25, -0.2) is 0 Å². The molecule has 0 aromatic carbocycles. The van der Waals surface area contributed by atoms with Crippen molar-refractivity contribution in [3.05, 3.63) is 0 Å². The molecule has 0 aromatic rings. The molecule has 0 saturated carbocycles. The summed E-state index contributed by atoms with van der Waals surface area (Å²) in [5.74, 6) is 0. The van der Waals surface area contributed by atoms with E-state index in [-0.39, 0.29) is 103 Å².